The predicted molar refractivity (Wildman–Crippen MR) is 113 cm³/mol. The van der Waals surface area contributed by atoms with Gasteiger partial charge in [-0.2, -0.15) is 10.4 Å². The molecule has 1 saturated heterocycles. The summed E-state index contributed by atoms with van der Waals surface area (Å²) < 4.78 is 0. The van der Waals surface area contributed by atoms with Crippen LogP contribution in [0.25, 0.3) is 11.3 Å². The summed E-state index contributed by atoms with van der Waals surface area (Å²) in [7, 11) is 0. The first kappa shape index (κ1) is 19.4. The number of aromatic amines is 1. The second kappa shape index (κ2) is 8.20. The normalized spacial score (nSPS) is 16.4. The SMILES string of the molecule is Cc1ccccc1CC1(O)CCN(Cc2cn[nH]c2-c2ccc(C#N)cc2)CC1. The van der Waals surface area contributed by atoms with Gasteiger partial charge in [0.15, 0.2) is 0 Å². The van der Waals surface area contributed by atoms with Crippen molar-refractivity contribution in [3.63, 3.8) is 0 Å². The number of nitriles is 1. The van der Waals surface area contributed by atoms with E-state index in [2.05, 4.69) is 40.2 Å². The average molecular weight is 386 g/mol. The van der Waals surface area contributed by atoms with Gasteiger partial charge in [-0.25, -0.2) is 0 Å². The van der Waals surface area contributed by atoms with Crippen LogP contribution >= 0.6 is 0 Å². The number of H-pyrrole nitrogens is 1. The van der Waals surface area contributed by atoms with Crippen molar-refractivity contribution < 1.29 is 5.11 Å². The number of benzene rings is 2. The average Bonchev–Trinajstić information content (AvgIpc) is 3.20. The summed E-state index contributed by atoms with van der Waals surface area (Å²) in [4.78, 5) is 2.38. The van der Waals surface area contributed by atoms with Crippen LogP contribution in [-0.2, 0) is 13.0 Å². The van der Waals surface area contributed by atoms with E-state index in [-0.39, 0.29) is 0 Å². The molecule has 2 aromatic carbocycles. The molecule has 4 rings (SSSR count). The predicted octanol–water partition coefficient (Wildman–Crippen LogP) is 3.83. The van der Waals surface area contributed by atoms with E-state index in [1.165, 1.54) is 11.1 Å². The zero-order valence-electron chi connectivity index (χ0n) is 16.7. The highest BCUT2D eigenvalue weighted by molar-refractivity contribution is 5.63. The quantitative estimate of drug-likeness (QED) is 0.699. The van der Waals surface area contributed by atoms with Crippen molar-refractivity contribution in [3.05, 3.63) is 77.0 Å². The number of aliphatic hydroxyl groups is 1. The minimum Gasteiger partial charge on any atom is -0.389 e. The molecular formula is C24H26N4O. The van der Waals surface area contributed by atoms with Crippen molar-refractivity contribution in [3.8, 4) is 17.3 Å². The molecule has 0 unspecified atom stereocenters. The van der Waals surface area contributed by atoms with E-state index >= 15 is 0 Å². The summed E-state index contributed by atoms with van der Waals surface area (Å²) in [5.41, 5.74) is 5.67. The highest BCUT2D eigenvalue weighted by Crippen LogP contribution is 2.29. The van der Waals surface area contributed by atoms with Gasteiger partial charge in [0.05, 0.1) is 29.1 Å². The lowest BCUT2D eigenvalue weighted by Gasteiger charge is -2.38. The van der Waals surface area contributed by atoms with E-state index in [4.69, 9.17) is 5.26 Å². The summed E-state index contributed by atoms with van der Waals surface area (Å²) in [5, 5.41) is 27.4. The van der Waals surface area contributed by atoms with Gasteiger partial charge in [-0.15, -0.1) is 0 Å². The molecule has 0 bridgehead atoms. The van der Waals surface area contributed by atoms with Crippen LogP contribution in [0.1, 0.15) is 35.1 Å². The molecule has 5 heteroatoms. The van der Waals surface area contributed by atoms with Crippen LogP contribution in [-0.4, -0.2) is 38.9 Å². The number of nitrogens with one attached hydrogen (secondary N) is 1. The Balaban J connectivity index is 1.40. The zero-order valence-corrected chi connectivity index (χ0v) is 16.7. The van der Waals surface area contributed by atoms with Gasteiger partial charge in [0.1, 0.15) is 0 Å². The number of likely N-dealkylation sites (tertiary alicyclic amines) is 1. The van der Waals surface area contributed by atoms with E-state index in [1.54, 1.807) is 0 Å². The largest absolute Gasteiger partial charge is 0.389 e. The number of aryl methyl sites for hydroxylation is 1. The molecule has 1 aliphatic heterocycles. The monoisotopic (exact) mass is 386 g/mol. The molecule has 3 aromatic rings. The van der Waals surface area contributed by atoms with Gasteiger partial charge < -0.3 is 5.11 Å². The van der Waals surface area contributed by atoms with Gasteiger partial charge in [0, 0.05) is 31.6 Å². The Morgan fingerprint density at radius 3 is 2.52 bits per heavy atom. The minimum atomic E-state index is -0.630. The Morgan fingerprint density at radius 1 is 1.10 bits per heavy atom. The van der Waals surface area contributed by atoms with E-state index in [0.29, 0.717) is 5.56 Å². The van der Waals surface area contributed by atoms with Gasteiger partial charge in [0.25, 0.3) is 0 Å². The first-order valence-electron chi connectivity index (χ1n) is 10.1. The van der Waals surface area contributed by atoms with Gasteiger partial charge in [-0.05, 0) is 48.6 Å². The van der Waals surface area contributed by atoms with Crippen molar-refractivity contribution in [1.82, 2.24) is 15.1 Å². The van der Waals surface area contributed by atoms with Gasteiger partial charge in [0.2, 0.25) is 0 Å². The molecule has 1 aromatic heterocycles. The Morgan fingerprint density at radius 2 is 1.83 bits per heavy atom. The fraction of sp³-hybridized carbons (Fsp3) is 0.333. The first-order chi connectivity index (χ1) is 14.1. The third-order valence-electron chi connectivity index (χ3n) is 5.98. The number of hydrogen-bond donors (Lipinski definition) is 2. The van der Waals surface area contributed by atoms with Crippen LogP contribution in [0.5, 0.6) is 0 Å². The van der Waals surface area contributed by atoms with Crippen molar-refractivity contribution in [2.45, 2.75) is 38.3 Å². The Kier molecular flexibility index (Phi) is 5.48. The maximum atomic E-state index is 11.1. The van der Waals surface area contributed by atoms with Gasteiger partial charge in [-0.3, -0.25) is 10.00 Å². The van der Waals surface area contributed by atoms with Crippen LogP contribution in [0.4, 0.5) is 0 Å². The molecule has 0 saturated carbocycles. The van der Waals surface area contributed by atoms with E-state index in [9.17, 15) is 5.11 Å². The summed E-state index contributed by atoms with van der Waals surface area (Å²) in [6.45, 7) is 4.63. The molecule has 29 heavy (non-hydrogen) atoms. The molecular weight excluding hydrogens is 360 g/mol. The summed E-state index contributed by atoms with van der Waals surface area (Å²) >= 11 is 0. The van der Waals surface area contributed by atoms with Crippen molar-refractivity contribution in [1.29, 1.82) is 5.26 Å². The Hall–Kier alpha value is -2.94. The first-order valence-corrected chi connectivity index (χ1v) is 10.1. The molecule has 0 spiro atoms. The van der Waals surface area contributed by atoms with Crippen molar-refractivity contribution in [2.24, 2.45) is 0 Å². The van der Waals surface area contributed by atoms with Crippen LogP contribution in [0, 0.1) is 18.3 Å². The molecule has 0 aliphatic carbocycles. The molecule has 2 N–H and O–H groups in total. The lowest BCUT2D eigenvalue weighted by molar-refractivity contribution is -0.0225. The summed E-state index contributed by atoms with van der Waals surface area (Å²) in [6, 6.07) is 18.0. The second-order valence-corrected chi connectivity index (χ2v) is 8.06. The molecule has 1 fully saturated rings. The van der Waals surface area contributed by atoms with Crippen LogP contribution in [0.3, 0.4) is 0 Å². The molecule has 1 aliphatic rings. The van der Waals surface area contributed by atoms with E-state index < -0.39 is 5.60 Å². The number of piperidine rings is 1. The maximum Gasteiger partial charge on any atom is 0.0991 e. The van der Waals surface area contributed by atoms with Gasteiger partial charge >= 0.3 is 0 Å². The Bertz CT molecular complexity index is 1010. The number of hydrogen-bond acceptors (Lipinski definition) is 4. The third-order valence-corrected chi connectivity index (χ3v) is 5.98. The third kappa shape index (κ3) is 4.40. The highest BCUT2D eigenvalue weighted by atomic mass is 16.3. The second-order valence-electron chi connectivity index (χ2n) is 8.06. The van der Waals surface area contributed by atoms with Crippen LogP contribution in [0.15, 0.2) is 54.7 Å². The number of nitrogens with zero attached hydrogens (tertiary/aromatic N) is 3. The highest BCUT2D eigenvalue weighted by Gasteiger charge is 2.33. The van der Waals surface area contributed by atoms with E-state index in [0.717, 1.165) is 55.7 Å². The van der Waals surface area contributed by atoms with Crippen molar-refractivity contribution >= 4 is 0 Å². The van der Waals surface area contributed by atoms with Crippen molar-refractivity contribution in [2.75, 3.05) is 13.1 Å². The lowest BCUT2D eigenvalue weighted by Crippen LogP contribution is -2.45. The molecule has 0 amide bonds. The fourth-order valence-corrected chi connectivity index (χ4v) is 4.10. The Labute approximate surface area is 171 Å². The molecule has 148 valence electrons. The molecule has 0 radical (unpaired) electrons. The molecule has 5 nitrogen and oxygen atoms in total. The maximum absolute atomic E-state index is 11.1. The topological polar surface area (TPSA) is 75.9 Å². The smallest absolute Gasteiger partial charge is 0.0991 e. The summed E-state index contributed by atoms with van der Waals surface area (Å²) in [5.74, 6) is 0. The zero-order chi connectivity index (χ0) is 20.3. The molecule has 0 atom stereocenters. The minimum absolute atomic E-state index is 0.630. The van der Waals surface area contributed by atoms with E-state index in [1.807, 2.05) is 42.6 Å². The molecule has 2 heterocycles. The standard InChI is InChI=1S/C24H26N4O/c1-18-4-2-3-5-21(18)14-24(29)10-12-28(13-11-24)17-22-16-26-27-23(22)20-8-6-19(15-25)7-9-20/h2-9,16,29H,10-14,17H2,1H3,(H,26,27). The van der Waals surface area contributed by atoms with Crippen LogP contribution < -0.4 is 0 Å². The number of rotatable bonds is 5. The summed E-state index contributed by atoms with van der Waals surface area (Å²) in [6.07, 6.45) is 4.13. The van der Waals surface area contributed by atoms with Crippen LogP contribution in [0.2, 0.25) is 0 Å². The fourth-order valence-electron chi connectivity index (χ4n) is 4.10. The van der Waals surface area contributed by atoms with Gasteiger partial charge in [-0.1, -0.05) is 36.4 Å². The lowest BCUT2D eigenvalue weighted by atomic mass is 9.84. The number of aromatic nitrogens is 2.